The summed E-state index contributed by atoms with van der Waals surface area (Å²) in [6, 6.07) is 8.89. The number of aliphatic imine (C=N–C) groups is 1. The molecule has 0 aromatic heterocycles. The van der Waals surface area contributed by atoms with E-state index in [2.05, 4.69) is 57.0 Å². The van der Waals surface area contributed by atoms with Gasteiger partial charge in [0.1, 0.15) is 0 Å². The minimum absolute atomic E-state index is 0. The van der Waals surface area contributed by atoms with Crippen LogP contribution in [0.2, 0.25) is 0 Å². The number of amides is 1. The maximum atomic E-state index is 10.9. The predicted molar refractivity (Wildman–Crippen MR) is 120 cm³/mol. The van der Waals surface area contributed by atoms with Gasteiger partial charge in [0.2, 0.25) is 5.91 Å². The van der Waals surface area contributed by atoms with E-state index in [9.17, 15) is 4.79 Å². The second kappa shape index (κ2) is 12.0. The normalized spacial score (nSPS) is 15.2. The number of nitrogens with one attached hydrogen (secondary N) is 3. The lowest BCUT2D eigenvalue weighted by molar-refractivity contribution is -0.118. The average Bonchev–Trinajstić information content (AvgIpc) is 3.13. The molecule has 1 unspecified atom stereocenters. The number of anilines is 1. The Kier molecular flexibility index (Phi) is 10.4. The van der Waals surface area contributed by atoms with Crippen molar-refractivity contribution in [3.05, 3.63) is 29.8 Å². The molecule has 7 heteroatoms. The van der Waals surface area contributed by atoms with Gasteiger partial charge < -0.3 is 20.9 Å². The topological polar surface area (TPSA) is 68.8 Å². The molecule has 0 bridgehead atoms. The minimum Gasteiger partial charge on any atom is -0.372 e. The van der Waals surface area contributed by atoms with Gasteiger partial charge in [-0.05, 0) is 44.4 Å². The number of carbonyl (C=O) groups excluding carboxylic acids is 1. The van der Waals surface area contributed by atoms with E-state index >= 15 is 0 Å². The third-order valence-electron chi connectivity index (χ3n) is 4.29. The molecule has 1 fully saturated rings. The van der Waals surface area contributed by atoms with Gasteiger partial charge >= 0.3 is 0 Å². The third-order valence-corrected chi connectivity index (χ3v) is 4.29. The third kappa shape index (κ3) is 7.39. The van der Waals surface area contributed by atoms with E-state index < -0.39 is 0 Å². The first-order valence-corrected chi connectivity index (χ1v) is 9.24. The molecular weight excluding hydrogens is 441 g/mol. The van der Waals surface area contributed by atoms with Crippen molar-refractivity contribution >= 4 is 41.5 Å². The van der Waals surface area contributed by atoms with Crippen molar-refractivity contribution < 1.29 is 4.79 Å². The number of nitrogens with zero attached hydrogens (tertiary/aromatic N) is 2. The summed E-state index contributed by atoms with van der Waals surface area (Å²) in [4.78, 5) is 17.9. The molecule has 146 valence electrons. The fraction of sp³-hybridized carbons (Fsp3) is 0.579. The van der Waals surface area contributed by atoms with Crippen molar-refractivity contribution in [1.29, 1.82) is 0 Å². The molecule has 1 saturated heterocycles. The van der Waals surface area contributed by atoms with Crippen molar-refractivity contribution in [2.75, 3.05) is 37.6 Å². The fourth-order valence-corrected chi connectivity index (χ4v) is 2.97. The molecule has 1 atom stereocenters. The molecule has 1 aromatic carbocycles. The molecule has 1 aromatic rings. The summed E-state index contributed by atoms with van der Waals surface area (Å²) in [6.45, 7) is 9.90. The molecule has 3 N–H and O–H groups in total. The van der Waals surface area contributed by atoms with Gasteiger partial charge in [0, 0.05) is 38.8 Å². The first kappa shape index (κ1) is 22.5. The Hall–Kier alpha value is -1.51. The maximum absolute atomic E-state index is 10.9. The first-order chi connectivity index (χ1) is 12.1. The van der Waals surface area contributed by atoms with Gasteiger partial charge in [0.05, 0.1) is 12.6 Å². The van der Waals surface area contributed by atoms with Crippen LogP contribution in [0, 0.1) is 0 Å². The maximum Gasteiger partial charge on any atom is 0.216 e. The first-order valence-electron chi connectivity index (χ1n) is 9.24. The monoisotopic (exact) mass is 473 g/mol. The van der Waals surface area contributed by atoms with Gasteiger partial charge in [-0.1, -0.05) is 12.1 Å². The van der Waals surface area contributed by atoms with Crippen molar-refractivity contribution in [1.82, 2.24) is 16.0 Å². The number of rotatable bonds is 7. The highest BCUT2D eigenvalue weighted by Gasteiger charge is 2.14. The van der Waals surface area contributed by atoms with Gasteiger partial charge in [-0.3, -0.25) is 9.79 Å². The zero-order chi connectivity index (χ0) is 18.1. The highest BCUT2D eigenvalue weighted by atomic mass is 127. The van der Waals surface area contributed by atoms with Crippen LogP contribution < -0.4 is 20.9 Å². The number of halogens is 1. The number of guanidine groups is 1. The molecule has 1 aliphatic heterocycles. The summed E-state index contributed by atoms with van der Waals surface area (Å²) in [5.41, 5.74) is 2.55. The van der Waals surface area contributed by atoms with Gasteiger partial charge in [0.15, 0.2) is 5.96 Å². The number of benzene rings is 1. The Bertz CT molecular complexity index is 587. The van der Waals surface area contributed by atoms with Gasteiger partial charge in [-0.25, -0.2) is 0 Å². The van der Waals surface area contributed by atoms with Crippen molar-refractivity contribution in [2.45, 2.75) is 39.7 Å². The summed E-state index contributed by atoms with van der Waals surface area (Å²) in [6.07, 6.45) is 2.56. The summed E-state index contributed by atoms with van der Waals surface area (Å²) >= 11 is 0. The predicted octanol–water partition coefficient (Wildman–Crippen LogP) is 2.66. The van der Waals surface area contributed by atoms with E-state index in [1.54, 1.807) is 0 Å². The molecule has 0 spiro atoms. The van der Waals surface area contributed by atoms with Crippen LogP contribution in [-0.2, 0) is 4.79 Å². The van der Waals surface area contributed by atoms with Crippen molar-refractivity contribution in [3.63, 3.8) is 0 Å². The molecule has 2 rings (SSSR count). The van der Waals surface area contributed by atoms with Crippen LogP contribution in [0.15, 0.2) is 29.3 Å². The number of carbonyl (C=O) groups is 1. The Labute approximate surface area is 174 Å². The van der Waals surface area contributed by atoms with Crippen LogP contribution in [0.3, 0.4) is 0 Å². The Balaban J connectivity index is 0.00000338. The standard InChI is InChI=1S/C19H31N5O.HI/c1-4-20-19(22-11-10-21-16(3)25)23-15(2)17-8-7-9-18(14-17)24-12-5-6-13-24;/h7-9,14-15H,4-6,10-13H2,1-3H3,(H,21,25)(H2,20,22,23);1H. The fourth-order valence-electron chi connectivity index (χ4n) is 2.97. The number of hydrogen-bond donors (Lipinski definition) is 3. The average molecular weight is 473 g/mol. The molecule has 0 saturated carbocycles. The summed E-state index contributed by atoms with van der Waals surface area (Å²) in [7, 11) is 0. The largest absolute Gasteiger partial charge is 0.372 e. The quantitative estimate of drug-likeness (QED) is 0.247. The highest BCUT2D eigenvalue weighted by Crippen LogP contribution is 2.23. The highest BCUT2D eigenvalue weighted by molar-refractivity contribution is 14.0. The van der Waals surface area contributed by atoms with E-state index in [0.717, 1.165) is 25.6 Å². The molecule has 0 radical (unpaired) electrons. The lowest BCUT2D eigenvalue weighted by Gasteiger charge is -2.22. The SMILES string of the molecule is CCNC(=NCCNC(C)=O)NC(C)c1cccc(N2CCCC2)c1.I. The van der Waals surface area contributed by atoms with Crippen LogP contribution in [0.4, 0.5) is 5.69 Å². The van der Waals surface area contributed by atoms with Crippen LogP contribution in [0.1, 0.15) is 45.2 Å². The minimum atomic E-state index is -0.0275. The Morgan fingerprint density at radius 2 is 2.00 bits per heavy atom. The molecule has 1 aliphatic rings. The lowest BCUT2D eigenvalue weighted by atomic mass is 10.1. The van der Waals surface area contributed by atoms with Gasteiger partial charge in [0.25, 0.3) is 0 Å². The second-order valence-corrected chi connectivity index (χ2v) is 6.40. The summed E-state index contributed by atoms with van der Waals surface area (Å²) < 4.78 is 0. The Morgan fingerprint density at radius 1 is 1.27 bits per heavy atom. The zero-order valence-electron chi connectivity index (χ0n) is 16.0. The van der Waals surface area contributed by atoms with E-state index in [4.69, 9.17) is 0 Å². The molecular formula is C19H32IN5O. The lowest BCUT2D eigenvalue weighted by Crippen LogP contribution is -2.39. The number of hydrogen-bond acceptors (Lipinski definition) is 3. The summed E-state index contributed by atoms with van der Waals surface area (Å²) in [5.74, 6) is 0.743. The summed E-state index contributed by atoms with van der Waals surface area (Å²) in [5, 5.41) is 9.46. The van der Waals surface area contributed by atoms with Crippen molar-refractivity contribution in [3.8, 4) is 0 Å². The molecule has 1 amide bonds. The van der Waals surface area contributed by atoms with Gasteiger partial charge in [-0.2, -0.15) is 0 Å². The smallest absolute Gasteiger partial charge is 0.216 e. The zero-order valence-corrected chi connectivity index (χ0v) is 18.4. The van der Waals surface area contributed by atoms with Crippen molar-refractivity contribution in [2.24, 2.45) is 4.99 Å². The van der Waals surface area contributed by atoms with Gasteiger partial charge in [-0.15, -0.1) is 24.0 Å². The van der Waals surface area contributed by atoms with Crippen LogP contribution in [-0.4, -0.2) is 44.6 Å². The molecule has 26 heavy (non-hydrogen) atoms. The van der Waals surface area contributed by atoms with Crippen LogP contribution in [0.25, 0.3) is 0 Å². The molecule has 0 aliphatic carbocycles. The second-order valence-electron chi connectivity index (χ2n) is 6.40. The van der Waals surface area contributed by atoms with E-state index in [1.807, 2.05) is 6.92 Å². The van der Waals surface area contributed by atoms with E-state index in [-0.39, 0.29) is 35.9 Å². The van der Waals surface area contributed by atoms with E-state index in [0.29, 0.717) is 13.1 Å². The molecule has 6 nitrogen and oxygen atoms in total. The van der Waals surface area contributed by atoms with Crippen LogP contribution in [0.5, 0.6) is 0 Å². The van der Waals surface area contributed by atoms with E-state index in [1.165, 1.54) is 31.0 Å². The molecule has 1 heterocycles. The Morgan fingerprint density at radius 3 is 2.65 bits per heavy atom. The van der Waals surface area contributed by atoms with Crippen LogP contribution >= 0.6 is 24.0 Å².